The van der Waals surface area contributed by atoms with Crippen LogP contribution in [0.25, 0.3) is 22.0 Å². The number of hydrogen-bond acceptors (Lipinski definition) is 4. The van der Waals surface area contributed by atoms with Gasteiger partial charge < -0.3 is 5.32 Å². The summed E-state index contributed by atoms with van der Waals surface area (Å²) in [6.45, 7) is 1.90. The molecule has 1 atom stereocenters. The SMILES string of the molecule is C[C@@H](Nc1c(Cl)cnc2ccccc12)c1cc(-c2cncnc2)ccc1F. The molecule has 0 fully saturated rings. The average Bonchev–Trinajstić information content (AvgIpc) is 2.71. The molecule has 134 valence electrons. The first-order chi connectivity index (χ1) is 13.1. The van der Waals surface area contributed by atoms with Crippen molar-refractivity contribution >= 4 is 28.2 Å². The van der Waals surface area contributed by atoms with Crippen molar-refractivity contribution in [2.75, 3.05) is 5.32 Å². The lowest BCUT2D eigenvalue weighted by atomic mass is 10.0. The van der Waals surface area contributed by atoms with Crippen LogP contribution in [0.3, 0.4) is 0 Å². The van der Waals surface area contributed by atoms with Crippen molar-refractivity contribution < 1.29 is 4.39 Å². The lowest BCUT2D eigenvalue weighted by molar-refractivity contribution is 0.600. The number of nitrogens with zero attached hydrogens (tertiary/aromatic N) is 3. The lowest BCUT2D eigenvalue weighted by Gasteiger charge is -2.19. The van der Waals surface area contributed by atoms with Gasteiger partial charge in [-0.1, -0.05) is 35.9 Å². The third kappa shape index (κ3) is 3.46. The van der Waals surface area contributed by atoms with Crippen molar-refractivity contribution in [3.63, 3.8) is 0 Å². The van der Waals surface area contributed by atoms with Crippen molar-refractivity contribution in [1.82, 2.24) is 15.0 Å². The van der Waals surface area contributed by atoms with Gasteiger partial charge in [0.25, 0.3) is 0 Å². The molecular weight excluding hydrogens is 363 g/mol. The van der Waals surface area contributed by atoms with Gasteiger partial charge in [0.1, 0.15) is 12.1 Å². The minimum absolute atomic E-state index is 0.287. The monoisotopic (exact) mass is 378 g/mol. The van der Waals surface area contributed by atoms with Crippen LogP contribution in [0.5, 0.6) is 0 Å². The molecule has 0 saturated heterocycles. The molecule has 6 heteroatoms. The molecule has 0 amide bonds. The summed E-state index contributed by atoms with van der Waals surface area (Å²) in [6.07, 6.45) is 6.48. The first kappa shape index (κ1) is 17.4. The molecule has 0 aliphatic heterocycles. The molecule has 0 radical (unpaired) electrons. The smallest absolute Gasteiger partial charge is 0.128 e. The molecule has 2 aromatic carbocycles. The Hall–Kier alpha value is -3.05. The Balaban J connectivity index is 1.72. The number of fused-ring (bicyclic) bond motifs is 1. The minimum Gasteiger partial charge on any atom is -0.377 e. The van der Waals surface area contributed by atoms with Crippen LogP contribution in [0.15, 0.2) is 67.4 Å². The van der Waals surface area contributed by atoms with Crippen LogP contribution in [0.2, 0.25) is 5.02 Å². The van der Waals surface area contributed by atoms with Gasteiger partial charge in [0, 0.05) is 35.1 Å². The van der Waals surface area contributed by atoms with Crippen LogP contribution < -0.4 is 5.32 Å². The number of hydrogen-bond donors (Lipinski definition) is 1. The highest BCUT2D eigenvalue weighted by atomic mass is 35.5. The molecule has 2 aromatic heterocycles. The summed E-state index contributed by atoms with van der Waals surface area (Å²) in [5.41, 5.74) is 3.79. The van der Waals surface area contributed by atoms with E-state index in [9.17, 15) is 4.39 Å². The maximum Gasteiger partial charge on any atom is 0.128 e. The average molecular weight is 379 g/mol. The number of benzene rings is 2. The van der Waals surface area contributed by atoms with Crippen molar-refractivity contribution in [2.24, 2.45) is 0 Å². The zero-order chi connectivity index (χ0) is 18.8. The molecular formula is C21H16ClFN4. The first-order valence-electron chi connectivity index (χ1n) is 8.48. The summed E-state index contributed by atoms with van der Waals surface area (Å²) in [5, 5.41) is 4.73. The minimum atomic E-state index is -0.308. The predicted molar refractivity (Wildman–Crippen MR) is 106 cm³/mol. The molecule has 2 heterocycles. The molecule has 0 aliphatic carbocycles. The summed E-state index contributed by atoms with van der Waals surface area (Å²) in [4.78, 5) is 12.4. The number of anilines is 1. The zero-order valence-corrected chi connectivity index (χ0v) is 15.3. The van der Waals surface area contributed by atoms with Gasteiger partial charge in [-0.25, -0.2) is 14.4 Å². The second-order valence-corrected chi connectivity index (χ2v) is 6.63. The van der Waals surface area contributed by atoms with Crippen LogP contribution >= 0.6 is 11.6 Å². The largest absolute Gasteiger partial charge is 0.377 e. The van der Waals surface area contributed by atoms with Gasteiger partial charge in [-0.05, 0) is 30.7 Å². The number of para-hydroxylation sites is 1. The Kier molecular flexibility index (Phi) is 4.69. The van der Waals surface area contributed by atoms with E-state index in [4.69, 9.17) is 11.6 Å². The Morgan fingerprint density at radius 1 is 1.00 bits per heavy atom. The van der Waals surface area contributed by atoms with Crippen LogP contribution in [0.1, 0.15) is 18.5 Å². The highest BCUT2D eigenvalue weighted by Gasteiger charge is 2.16. The van der Waals surface area contributed by atoms with Gasteiger partial charge >= 0.3 is 0 Å². The molecule has 4 aromatic rings. The maximum atomic E-state index is 14.5. The van der Waals surface area contributed by atoms with Gasteiger partial charge in [0.15, 0.2) is 0 Å². The topological polar surface area (TPSA) is 50.7 Å². The Morgan fingerprint density at radius 2 is 1.78 bits per heavy atom. The molecule has 4 nitrogen and oxygen atoms in total. The molecule has 0 unspecified atom stereocenters. The number of rotatable bonds is 4. The van der Waals surface area contributed by atoms with Gasteiger partial charge in [0.2, 0.25) is 0 Å². The highest BCUT2D eigenvalue weighted by Crippen LogP contribution is 2.34. The molecule has 0 bridgehead atoms. The third-order valence-corrected chi connectivity index (χ3v) is 4.73. The van der Waals surface area contributed by atoms with E-state index in [0.29, 0.717) is 10.6 Å². The summed E-state index contributed by atoms with van der Waals surface area (Å²) < 4.78 is 14.5. The Morgan fingerprint density at radius 3 is 2.59 bits per heavy atom. The molecule has 4 rings (SSSR count). The fourth-order valence-corrected chi connectivity index (χ4v) is 3.27. The van der Waals surface area contributed by atoms with E-state index >= 15 is 0 Å². The number of pyridine rings is 1. The van der Waals surface area contributed by atoms with Crippen LogP contribution in [-0.2, 0) is 0 Å². The van der Waals surface area contributed by atoms with E-state index in [1.165, 1.54) is 12.4 Å². The quantitative estimate of drug-likeness (QED) is 0.498. The fraction of sp³-hybridized carbons (Fsp3) is 0.0952. The van der Waals surface area contributed by atoms with Crippen LogP contribution in [0, 0.1) is 5.82 Å². The number of aromatic nitrogens is 3. The van der Waals surface area contributed by atoms with E-state index in [-0.39, 0.29) is 11.9 Å². The number of halogens is 2. The van der Waals surface area contributed by atoms with Gasteiger partial charge in [-0.2, -0.15) is 0 Å². The lowest BCUT2D eigenvalue weighted by Crippen LogP contribution is -2.10. The normalized spacial score (nSPS) is 12.1. The van der Waals surface area contributed by atoms with E-state index in [0.717, 1.165) is 27.7 Å². The van der Waals surface area contributed by atoms with Gasteiger partial charge in [-0.15, -0.1) is 0 Å². The van der Waals surface area contributed by atoms with Crippen LogP contribution in [-0.4, -0.2) is 15.0 Å². The first-order valence-corrected chi connectivity index (χ1v) is 8.86. The van der Waals surface area contributed by atoms with E-state index in [1.807, 2.05) is 37.3 Å². The second kappa shape index (κ2) is 7.29. The van der Waals surface area contributed by atoms with Gasteiger partial charge in [-0.3, -0.25) is 4.98 Å². The van der Waals surface area contributed by atoms with Crippen molar-refractivity contribution in [2.45, 2.75) is 13.0 Å². The maximum absolute atomic E-state index is 14.5. The fourth-order valence-electron chi connectivity index (χ4n) is 3.06. The standard InChI is InChI=1S/C21H16ClFN4/c1-13(27-21-16-4-2-3-5-20(16)26-11-18(21)22)17-8-14(6-7-19(17)23)15-9-24-12-25-10-15/h2-13H,1H3,(H,26,27)/t13-/m1/s1. The Labute approximate surface area is 161 Å². The summed E-state index contributed by atoms with van der Waals surface area (Å²) in [5.74, 6) is -0.287. The molecule has 0 aliphatic rings. The molecule has 0 spiro atoms. The van der Waals surface area contributed by atoms with Crippen molar-refractivity contribution in [1.29, 1.82) is 0 Å². The van der Waals surface area contributed by atoms with E-state index < -0.39 is 0 Å². The zero-order valence-electron chi connectivity index (χ0n) is 14.5. The second-order valence-electron chi connectivity index (χ2n) is 6.23. The molecule has 1 N–H and O–H groups in total. The summed E-state index contributed by atoms with van der Waals surface area (Å²) >= 11 is 6.37. The number of nitrogens with one attached hydrogen (secondary N) is 1. The highest BCUT2D eigenvalue weighted by molar-refractivity contribution is 6.34. The van der Waals surface area contributed by atoms with Gasteiger partial charge in [0.05, 0.1) is 22.3 Å². The summed E-state index contributed by atoms with van der Waals surface area (Å²) in [6, 6.07) is 12.4. The Bertz CT molecular complexity index is 1100. The molecule has 27 heavy (non-hydrogen) atoms. The van der Waals surface area contributed by atoms with E-state index in [1.54, 1.807) is 24.7 Å². The van der Waals surface area contributed by atoms with Crippen LogP contribution in [0.4, 0.5) is 10.1 Å². The summed E-state index contributed by atoms with van der Waals surface area (Å²) in [7, 11) is 0. The van der Waals surface area contributed by atoms with E-state index in [2.05, 4.69) is 20.3 Å². The molecule has 0 saturated carbocycles. The third-order valence-electron chi connectivity index (χ3n) is 4.45. The van der Waals surface area contributed by atoms with Crippen molar-refractivity contribution in [3.05, 3.63) is 83.8 Å². The predicted octanol–water partition coefficient (Wildman–Crippen LogP) is 5.66. The van der Waals surface area contributed by atoms with Crippen molar-refractivity contribution in [3.8, 4) is 11.1 Å².